The zero-order valence-corrected chi connectivity index (χ0v) is 13.3. The topological polar surface area (TPSA) is 50.6 Å². The van der Waals surface area contributed by atoms with E-state index in [1.165, 1.54) is 12.4 Å². The lowest BCUT2D eigenvalue weighted by Crippen LogP contribution is -2.35. The Hall–Kier alpha value is -2.15. The van der Waals surface area contributed by atoms with Gasteiger partial charge >= 0.3 is 0 Å². The summed E-state index contributed by atoms with van der Waals surface area (Å²) in [6.45, 7) is 9.87. The molecule has 23 heavy (non-hydrogen) atoms. The summed E-state index contributed by atoms with van der Waals surface area (Å²) in [5.74, 6) is 0.302. The number of hydrogen-bond donors (Lipinski definition) is 0. The van der Waals surface area contributed by atoms with Crippen LogP contribution in [0.1, 0.15) is 30.4 Å². The highest BCUT2D eigenvalue weighted by molar-refractivity contribution is 6.09. The molecule has 1 aliphatic heterocycles. The number of aromatic nitrogens is 2. The van der Waals surface area contributed by atoms with Gasteiger partial charge in [0, 0.05) is 36.7 Å². The molecular formula is C16H20F2N4O. The average molecular weight is 322 g/mol. The third kappa shape index (κ3) is 4.41. The van der Waals surface area contributed by atoms with Crippen LogP contribution in [0.5, 0.6) is 0 Å². The first-order valence-electron chi connectivity index (χ1n) is 7.34. The van der Waals surface area contributed by atoms with Crippen molar-refractivity contribution in [2.24, 2.45) is 4.99 Å². The van der Waals surface area contributed by atoms with E-state index >= 15 is 0 Å². The van der Waals surface area contributed by atoms with Crippen molar-refractivity contribution >= 4 is 5.71 Å². The maximum Gasteiger partial charge on any atom is 0.281 e. The fourth-order valence-electron chi connectivity index (χ4n) is 2.34. The van der Waals surface area contributed by atoms with Gasteiger partial charge in [-0.2, -0.15) is 0 Å². The lowest BCUT2D eigenvalue weighted by atomic mass is 10.1. The molecule has 0 radical (unpaired) electrons. The van der Waals surface area contributed by atoms with Crippen molar-refractivity contribution in [3.63, 3.8) is 0 Å². The predicted molar refractivity (Wildman–Crippen MR) is 84.6 cm³/mol. The van der Waals surface area contributed by atoms with Crippen LogP contribution in [-0.4, -0.2) is 46.9 Å². The van der Waals surface area contributed by atoms with Gasteiger partial charge in [-0.25, -0.2) is 18.7 Å². The van der Waals surface area contributed by atoms with Crippen molar-refractivity contribution in [3.8, 4) is 0 Å². The van der Waals surface area contributed by atoms with E-state index in [4.69, 9.17) is 4.74 Å². The normalized spacial score (nSPS) is 16.8. The summed E-state index contributed by atoms with van der Waals surface area (Å²) in [5.41, 5.74) is 1.20. The number of ether oxygens (including phenoxy) is 1. The Balaban J connectivity index is 2.39. The Kier molecular flexibility index (Phi) is 5.92. The minimum atomic E-state index is -2.70. The second kappa shape index (κ2) is 7.92. The summed E-state index contributed by atoms with van der Waals surface area (Å²) < 4.78 is 31.9. The molecule has 2 heterocycles. The third-order valence-electron chi connectivity index (χ3n) is 3.51. The highest BCUT2D eigenvalue weighted by atomic mass is 19.3. The molecule has 124 valence electrons. The molecule has 1 aromatic rings. The lowest BCUT2D eigenvalue weighted by Gasteiger charge is -2.29. The van der Waals surface area contributed by atoms with Gasteiger partial charge in [0.25, 0.3) is 6.43 Å². The first-order chi connectivity index (χ1) is 11.0. The number of allylic oxidation sites excluding steroid dienone is 2. The Labute approximate surface area is 134 Å². The summed E-state index contributed by atoms with van der Waals surface area (Å²) in [6.07, 6.45) is 1.77. The fourth-order valence-corrected chi connectivity index (χ4v) is 2.34. The van der Waals surface area contributed by atoms with Crippen LogP contribution < -0.4 is 0 Å². The summed E-state index contributed by atoms with van der Waals surface area (Å²) in [4.78, 5) is 14.1. The SMILES string of the molecule is C=CN=C(/C=C(\C)N1CCOCC1)c1cnc(C)nc1C(F)F. The van der Waals surface area contributed by atoms with E-state index in [0.717, 1.165) is 18.8 Å². The van der Waals surface area contributed by atoms with Crippen molar-refractivity contribution in [1.82, 2.24) is 14.9 Å². The summed E-state index contributed by atoms with van der Waals surface area (Å²) in [7, 11) is 0. The number of hydrogen-bond acceptors (Lipinski definition) is 5. The largest absolute Gasteiger partial charge is 0.378 e. The Morgan fingerprint density at radius 2 is 2.13 bits per heavy atom. The van der Waals surface area contributed by atoms with Crippen molar-refractivity contribution in [2.45, 2.75) is 20.3 Å². The van der Waals surface area contributed by atoms with E-state index in [1.54, 1.807) is 13.0 Å². The van der Waals surface area contributed by atoms with Gasteiger partial charge in [-0.15, -0.1) is 0 Å². The van der Waals surface area contributed by atoms with Crippen molar-refractivity contribution < 1.29 is 13.5 Å². The first kappa shape index (κ1) is 17.2. The van der Waals surface area contributed by atoms with Gasteiger partial charge in [-0.05, 0) is 19.9 Å². The van der Waals surface area contributed by atoms with Crippen LogP contribution in [0.15, 0.2) is 35.7 Å². The molecule has 0 atom stereocenters. The Morgan fingerprint density at radius 1 is 1.43 bits per heavy atom. The van der Waals surface area contributed by atoms with Crippen LogP contribution in [0.3, 0.4) is 0 Å². The van der Waals surface area contributed by atoms with Gasteiger partial charge in [0.05, 0.1) is 18.9 Å². The third-order valence-corrected chi connectivity index (χ3v) is 3.51. The number of halogens is 2. The molecule has 0 bridgehead atoms. The standard InChI is InChI=1S/C16H20F2N4O/c1-4-19-14(9-11(2)22-5-7-23-8-6-22)13-10-20-12(3)21-15(13)16(17)18/h4,9-10,16H,1,5-8H2,2-3H3/b11-9+,19-14?. The molecule has 0 spiro atoms. The summed E-state index contributed by atoms with van der Waals surface area (Å²) in [6, 6.07) is 0. The van der Waals surface area contributed by atoms with Crippen LogP contribution in [0.2, 0.25) is 0 Å². The van der Waals surface area contributed by atoms with Gasteiger partial charge in [0.2, 0.25) is 0 Å². The van der Waals surface area contributed by atoms with Gasteiger partial charge < -0.3 is 9.64 Å². The van der Waals surface area contributed by atoms with Crippen LogP contribution in [0, 0.1) is 6.92 Å². The molecule has 1 aliphatic rings. The molecule has 1 saturated heterocycles. The molecule has 0 unspecified atom stereocenters. The molecule has 0 saturated carbocycles. The second-order valence-electron chi connectivity index (χ2n) is 5.10. The molecule has 2 rings (SSSR count). The van der Waals surface area contributed by atoms with E-state index in [9.17, 15) is 8.78 Å². The number of aryl methyl sites for hydroxylation is 1. The Morgan fingerprint density at radius 3 is 2.74 bits per heavy atom. The minimum Gasteiger partial charge on any atom is -0.378 e. The zero-order chi connectivity index (χ0) is 16.8. The zero-order valence-electron chi connectivity index (χ0n) is 13.3. The maximum absolute atomic E-state index is 13.3. The van der Waals surface area contributed by atoms with Crippen LogP contribution in [0.4, 0.5) is 8.78 Å². The summed E-state index contributed by atoms with van der Waals surface area (Å²) >= 11 is 0. The monoisotopic (exact) mass is 322 g/mol. The molecular weight excluding hydrogens is 302 g/mol. The highest BCUT2D eigenvalue weighted by Crippen LogP contribution is 2.22. The van der Waals surface area contributed by atoms with Gasteiger partial charge in [0.1, 0.15) is 11.5 Å². The number of rotatable bonds is 5. The van der Waals surface area contributed by atoms with Crippen LogP contribution in [-0.2, 0) is 4.74 Å². The van der Waals surface area contributed by atoms with E-state index in [-0.39, 0.29) is 11.3 Å². The maximum atomic E-state index is 13.3. The molecule has 5 nitrogen and oxygen atoms in total. The molecule has 0 aliphatic carbocycles. The number of morpholine rings is 1. The number of nitrogens with zero attached hydrogens (tertiary/aromatic N) is 4. The number of aliphatic imine (C=N–C) groups is 1. The first-order valence-corrected chi connectivity index (χ1v) is 7.34. The quantitative estimate of drug-likeness (QED) is 0.782. The van der Waals surface area contributed by atoms with E-state index in [2.05, 4.69) is 26.4 Å². The lowest BCUT2D eigenvalue weighted by molar-refractivity contribution is 0.0538. The molecule has 7 heteroatoms. The second-order valence-corrected chi connectivity index (χ2v) is 5.10. The van der Waals surface area contributed by atoms with Crippen LogP contribution in [0.25, 0.3) is 0 Å². The average Bonchev–Trinajstić information content (AvgIpc) is 2.55. The minimum absolute atomic E-state index is 0.220. The van der Waals surface area contributed by atoms with Gasteiger partial charge in [-0.3, -0.25) is 4.99 Å². The highest BCUT2D eigenvalue weighted by Gasteiger charge is 2.19. The van der Waals surface area contributed by atoms with E-state index in [1.807, 2.05) is 6.92 Å². The van der Waals surface area contributed by atoms with Crippen molar-refractivity contribution in [3.05, 3.63) is 47.8 Å². The fraction of sp³-hybridized carbons (Fsp3) is 0.438. The molecule has 1 aromatic heterocycles. The molecule has 0 amide bonds. The van der Waals surface area contributed by atoms with E-state index in [0.29, 0.717) is 24.7 Å². The van der Waals surface area contributed by atoms with Gasteiger partial charge in [0.15, 0.2) is 0 Å². The molecule has 0 N–H and O–H groups in total. The smallest absolute Gasteiger partial charge is 0.281 e. The van der Waals surface area contributed by atoms with Crippen molar-refractivity contribution in [2.75, 3.05) is 26.3 Å². The van der Waals surface area contributed by atoms with E-state index < -0.39 is 6.43 Å². The van der Waals surface area contributed by atoms with Gasteiger partial charge in [-0.1, -0.05) is 6.58 Å². The van der Waals surface area contributed by atoms with Crippen LogP contribution >= 0.6 is 0 Å². The molecule has 0 aromatic carbocycles. The van der Waals surface area contributed by atoms with Crippen molar-refractivity contribution in [1.29, 1.82) is 0 Å². The number of alkyl halides is 2. The Bertz CT molecular complexity index is 623. The molecule has 1 fully saturated rings. The summed E-state index contributed by atoms with van der Waals surface area (Å²) in [5, 5.41) is 0. The predicted octanol–water partition coefficient (Wildman–Crippen LogP) is 2.89.